The van der Waals surface area contributed by atoms with E-state index in [0.29, 0.717) is 134 Å². The van der Waals surface area contributed by atoms with Gasteiger partial charge >= 0.3 is 0 Å². The third-order valence-corrected chi connectivity index (χ3v) is 19.8. The fourth-order valence-electron chi connectivity index (χ4n) is 13.5. The molecule has 19 heterocycles. The van der Waals surface area contributed by atoms with Crippen molar-refractivity contribution >= 4 is 108 Å². The molecule has 0 spiro atoms. The number of Topliss-reactive ketones (excluding diaryl/α,β-unsaturated/α-hetero) is 1. The van der Waals surface area contributed by atoms with Crippen LogP contribution in [0.25, 0.3) is 90.1 Å². The van der Waals surface area contributed by atoms with Gasteiger partial charge in [-0.3, -0.25) is 52.0 Å². The third kappa shape index (κ3) is 21.1. The zero-order valence-corrected chi connectivity index (χ0v) is 77.1. The summed E-state index contributed by atoms with van der Waals surface area (Å²) in [4.78, 5) is 157. The van der Waals surface area contributed by atoms with Crippen LogP contribution in [0.5, 0.6) is 0 Å². The van der Waals surface area contributed by atoms with Crippen LogP contribution in [0, 0.1) is 20.8 Å². The molecular weight excluding hydrogens is 1650 g/mol. The minimum Gasteiger partial charge on any atom is -0.397 e. The number of rotatable bonds is 9. The third-order valence-electron chi connectivity index (χ3n) is 19.8. The number of hydrogen-bond acceptors (Lipinski definition) is 25. The first-order chi connectivity index (χ1) is 61.6. The highest BCUT2D eigenvalue weighted by molar-refractivity contribution is 6.00. The normalized spacial score (nSPS) is 11.9. The lowest BCUT2D eigenvalue weighted by molar-refractivity contribution is 0.0990. The van der Waals surface area contributed by atoms with Crippen molar-refractivity contribution in [3.8, 4) is 0 Å². The number of ketones is 1. The lowest BCUT2D eigenvalue weighted by Crippen LogP contribution is -2.19. The summed E-state index contributed by atoms with van der Waals surface area (Å²) >= 11 is 0. The molecule has 18 aromatic rings. The van der Waals surface area contributed by atoms with Crippen LogP contribution >= 0.6 is 0 Å². The van der Waals surface area contributed by atoms with Crippen molar-refractivity contribution in [2.75, 3.05) is 11.1 Å². The van der Waals surface area contributed by atoms with Crippen molar-refractivity contribution in [3.63, 3.8) is 0 Å². The maximum absolute atomic E-state index is 12.1. The number of nitrogens with one attached hydrogen (secondary N) is 5. The quantitative estimate of drug-likeness (QED) is 0.0781. The van der Waals surface area contributed by atoms with Gasteiger partial charge in [0.15, 0.2) is 61.6 Å². The van der Waals surface area contributed by atoms with E-state index in [1.165, 1.54) is 4.40 Å². The minimum atomic E-state index is -0.237. The highest BCUT2D eigenvalue weighted by atomic mass is 16.2. The largest absolute Gasteiger partial charge is 0.397 e. The van der Waals surface area contributed by atoms with Crippen LogP contribution < -0.4 is 49.8 Å². The Kier molecular flexibility index (Phi) is 31.3. The van der Waals surface area contributed by atoms with Gasteiger partial charge in [-0.05, 0) is 150 Å². The van der Waals surface area contributed by atoms with Crippen LogP contribution in [0.3, 0.4) is 0 Å². The van der Waals surface area contributed by atoms with Crippen LogP contribution in [0.4, 0.5) is 11.6 Å². The van der Waals surface area contributed by atoms with Gasteiger partial charge in [-0.1, -0.05) is 45.6 Å². The number of pyridine rings is 2. The first-order valence-corrected chi connectivity index (χ1v) is 42.6. The number of imidazole rings is 9. The van der Waals surface area contributed by atoms with Gasteiger partial charge in [-0.2, -0.15) is 4.98 Å². The Morgan fingerprint density at radius 2 is 1.04 bits per heavy atom. The Bertz CT molecular complexity index is 7120. The maximum atomic E-state index is 12.1. The Hall–Kier alpha value is -15.3. The van der Waals surface area contributed by atoms with Crippen molar-refractivity contribution in [3.05, 3.63) is 237 Å². The second-order valence-corrected chi connectivity index (χ2v) is 31.1. The number of hydrogen-bond donors (Lipinski definition) is 6. The Labute approximate surface area is 739 Å². The first-order valence-electron chi connectivity index (χ1n) is 42.6. The van der Waals surface area contributed by atoms with E-state index in [4.69, 9.17) is 5.73 Å². The number of aromatic nitrogens is 32. The molecule has 2 aliphatic rings. The molecule has 680 valence electrons. The average molecular weight is 1760 g/mol. The predicted octanol–water partition coefficient (Wildman–Crippen LogP) is 11.8. The van der Waals surface area contributed by atoms with Crippen LogP contribution in [0.1, 0.15) is 221 Å². The van der Waals surface area contributed by atoms with Gasteiger partial charge in [0.05, 0.1) is 67.4 Å². The molecule has 1 aliphatic carbocycles. The van der Waals surface area contributed by atoms with Gasteiger partial charge in [-0.25, -0.2) is 73.4 Å². The van der Waals surface area contributed by atoms with Crippen molar-refractivity contribution in [1.82, 2.24) is 154 Å². The molecule has 20 rings (SSSR count). The number of fused-ring (bicyclic) bond motifs is 11. The van der Waals surface area contributed by atoms with E-state index >= 15 is 0 Å². The number of carbonyl (C=O) groups is 1. The number of nitrogens with zero attached hydrogens (tertiary/aromatic N) is 28. The number of H-pyrrole nitrogens is 4. The fraction of sp³-hybridized carbons (Fsp3) is 0.391. The standard InChI is InChI=1S/C10H11N5O.C10H13N3O.C10H12N2O.C9H9N5O.C9H12N4O.C9H12N4.2C9H11N3O.C8H11N5O.2C2H6/c1-3-14-5-11-7-8(14)13-10-12-6(2)4-15(10)9(7)16;1-6(2)13-5-11-9-8(13)4-7(3)12-10(9)14;1-7(2)12-6-11-10-8(12)4-3-5-9(10)13;1-2-13-5-11-6-7(13)12-9-10-3-4-14(9)8(6)15;1-5(2)13-4-10-7-8(13)11-6(3)12-9(7)14;1-6(2)13-5-12-8-7(10)3-4-11-9(8)13;1-7(2)11-5-3-8(13)12-6-4-10-9(11)12;1-7(2)11-5-3-8(13)9-10-4-6-12(9)11;1-4(2)13-7-6(11-12-13)8(14)10-5(3)9-7;2*1-2/h5H,2-4H2,1H3,(H,12,13);4-6H,1-3H3,(H,12,14);3-4,6-7H,5H2,1-2H3;3-5H,2H2,1H3,(H,10,12);4-5H,1-3H3,(H,11,12,14);3-6H,1-2H3,(H2,10,11);2*3-7H,1-2H3;4H,1-3H3,(H,9,10,14);2*1-2H3. The monoisotopic (exact) mass is 1760 g/mol. The highest BCUT2D eigenvalue weighted by Crippen LogP contribution is 2.24. The fourth-order valence-corrected chi connectivity index (χ4v) is 13.5. The van der Waals surface area contributed by atoms with Crippen LogP contribution in [-0.4, -0.2) is 160 Å². The molecule has 0 saturated heterocycles. The number of allylic oxidation sites excluding steroid dienone is 2. The molecule has 0 amide bonds. The van der Waals surface area contributed by atoms with E-state index in [1.807, 2.05) is 131 Å². The summed E-state index contributed by atoms with van der Waals surface area (Å²) in [6, 6.07) is 8.87. The molecule has 0 aromatic carbocycles. The van der Waals surface area contributed by atoms with Crippen molar-refractivity contribution in [2.45, 2.75) is 228 Å². The van der Waals surface area contributed by atoms with E-state index in [0.717, 1.165) is 52.5 Å². The van der Waals surface area contributed by atoms with E-state index in [1.54, 1.807) is 144 Å². The number of aromatic amines is 4. The molecule has 0 fully saturated rings. The molecule has 0 radical (unpaired) electrons. The van der Waals surface area contributed by atoms with Gasteiger partial charge in [0.1, 0.15) is 28.5 Å². The average Bonchev–Trinajstić information content (AvgIpc) is 1.62. The number of carbonyl (C=O) groups excluding carboxylic acids is 1. The first kappa shape index (κ1) is 95.9. The molecule has 0 saturated carbocycles. The molecule has 0 bridgehead atoms. The number of anilines is 2. The zero-order valence-electron chi connectivity index (χ0n) is 77.1. The van der Waals surface area contributed by atoms with Crippen molar-refractivity contribution in [2.24, 2.45) is 0 Å². The molecule has 129 heavy (non-hydrogen) atoms. The summed E-state index contributed by atoms with van der Waals surface area (Å²) in [6.07, 6.45) is 29.7. The Morgan fingerprint density at radius 3 is 1.69 bits per heavy atom. The van der Waals surface area contributed by atoms with Crippen LogP contribution in [0.15, 0.2) is 170 Å². The van der Waals surface area contributed by atoms with E-state index < -0.39 is 0 Å². The van der Waals surface area contributed by atoms with E-state index in [-0.39, 0.29) is 56.7 Å². The highest BCUT2D eigenvalue weighted by Gasteiger charge is 2.23. The van der Waals surface area contributed by atoms with Gasteiger partial charge in [0.2, 0.25) is 22.9 Å². The molecule has 1 aliphatic heterocycles. The maximum Gasteiger partial charge on any atom is 0.287 e. The SMILES string of the molecule is C=C1Cn2c(nc3c(ncn3CC)c2=O)N1.CC.CC.CC(C)n1ccc(=O)c2nccn21.CC(C)n1ccc(=O)n2ccnc12.CC(C)n1cnc2c(N)ccnc21.CC(C)n1cnc2c1C=CCC2=O.CCn1cnc2c(=O)n3ccnc3[nH]c21.Cc1cc2c(ncn2C(C)C)c(=O)[nH]1.Cc1nc2c(ncn2C(C)C)c(=O)[nH]1.Cc1nc2c(nnn2C(C)C)c(=O)[nH]1. The van der Waals surface area contributed by atoms with Gasteiger partial charge in [-0.15, -0.1) is 5.10 Å². The Morgan fingerprint density at radius 1 is 0.473 bits per heavy atom. The Balaban J connectivity index is 0.000000150. The lowest BCUT2D eigenvalue weighted by atomic mass is 10.1. The van der Waals surface area contributed by atoms with Crippen molar-refractivity contribution < 1.29 is 4.79 Å². The van der Waals surface area contributed by atoms with E-state index in [2.05, 4.69) is 176 Å². The molecule has 42 nitrogen and oxygen atoms in total. The second kappa shape index (κ2) is 42.1. The second-order valence-electron chi connectivity index (χ2n) is 31.1. The van der Waals surface area contributed by atoms with Gasteiger partial charge < -0.3 is 63.0 Å². The predicted molar refractivity (Wildman–Crippen MR) is 500 cm³/mol. The number of aryl methyl sites for hydroxylation is 5. The zero-order chi connectivity index (χ0) is 94.3. The minimum absolute atomic E-state index is 0.0376. The van der Waals surface area contributed by atoms with Crippen LogP contribution in [0.2, 0.25) is 0 Å². The lowest BCUT2D eigenvalue weighted by Gasteiger charge is -2.12. The van der Waals surface area contributed by atoms with Crippen molar-refractivity contribution in [1.29, 1.82) is 0 Å². The van der Waals surface area contributed by atoms with Gasteiger partial charge in [0.25, 0.3) is 33.4 Å². The summed E-state index contributed by atoms with van der Waals surface area (Å²) in [5.41, 5.74) is 16.5. The molecular formula is C87H114N34O8. The summed E-state index contributed by atoms with van der Waals surface area (Å²) < 4.78 is 23.5. The summed E-state index contributed by atoms with van der Waals surface area (Å²) in [5.74, 6) is 3.11. The number of nitrogens with two attached hydrogens (primary N) is 1. The summed E-state index contributed by atoms with van der Waals surface area (Å²) in [6.45, 7) is 51.8. The summed E-state index contributed by atoms with van der Waals surface area (Å²) in [7, 11) is 0. The summed E-state index contributed by atoms with van der Waals surface area (Å²) in [5, 5.41) is 10.7. The molecule has 18 aromatic heterocycles. The van der Waals surface area contributed by atoms with E-state index in [9.17, 15) is 38.4 Å². The topological polar surface area (TPSA) is 494 Å². The molecule has 7 N–H and O–H groups in total. The molecule has 0 unspecified atom stereocenters. The van der Waals surface area contributed by atoms with Crippen LogP contribution in [-0.2, 0) is 19.6 Å². The number of nitrogen functional groups attached to an aromatic ring is 1. The molecule has 0 atom stereocenters. The molecule has 42 heteroatoms. The smallest absolute Gasteiger partial charge is 0.287 e. The van der Waals surface area contributed by atoms with Gasteiger partial charge in [0, 0.05) is 135 Å².